The maximum absolute atomic E-state index is 4.34. The molecule has 5 fully saturated rings. The van der Waals surface area contributed by atoms with Crippen molar-refractivity contribution >= 4 is 0 Å². The van der Waals surface area contributed by atoms with Gasteiger partial charge in [-0.2, -0.15) is 0 Å². The van der Waals surface area contributed by atoms with E-state index in [-0.39, 0.29) is 0 Å². The molecule has 5 heterocycles. The molecule has 8 bridgehead atoms. The van der Waals surface area contributed by atoms with Crippen LogP contribution < -0.4 is 21.3 Å². The van der Waals surface area contributed by atoms with Crippen LogP contribution in [-0.4, -0.2) is 48.3 Å². The summed E-state index contributed by atoms with van der Waals surface area (Å²) in [5, 5.41) is 17.2. The molecule has 4 nitrogen and oxygen atoms in total. The predicted octanol–water partition coefficient (Wildman–Crippen LogP) is 6.76. The van der Waals surface area contributed by atoms with E-state index in [0.717, 1.165) is 0 Å². The van der Waals surface area contributed by atoms with Crippen LogP contribution in [0.2, 0.25) is 0 Å². The second kappa shape index (κ2) is 12.0. The molecule has 0 amide bonds. The first-order chi connectivity index (χ1) is 21.5. The van der Waals surface area contributed by atoms with Gasteiger partial charge in [0.2, 0.25) is 0 Å². The smallest absolute Gasteiger partial charge is 0.0224 e. The molecule has 8 rings (SSSR count). The van der Waals surface area contributed by atoms with E-state index in [4.69, 9.17) is 0 Å². The maximum atomic E-state index is 4.34. The summed E-state index contributed by atoms with van der Waals surface area (Å²) in [7, 11) is 0. The molecule has 0 saturated carbocycles. The van der Waals surface area contributed by atoms with Gasteiger partial charge in [0.05, 0.1) is 0 Å². The first-order valence-corrected chi connectivity index (χ1v) is 17.7. The second-order valence-corrected chi connectivity index (χ2v) is 15.1. The number of aryl methyl sites for hydroxylation is 3. The van der Waals surface area contributed by atoms with Gasteiger partial charge in [0.1, 0.15) is 0 Å². The van der Waals surface area contributed by atoms with Crippen molar-refractivity contribution in [1.82, 2.24) is 21.3 Å². The van der Waals surface area contributed by atoms with E-state index in [1.165, 1.54) is 84.7 Å². The van der Waals surface area contributed by atoms with E-state index >= 15 is 0 Å². The summed E-state index contributed by atoms with van der Waals surface area (Å²) in [5.41, 5.74) is 8.59. The quantitative estimate of drug-likeness (QED) is 0.273. The summed E-state index contributed by atoms with van der Waals surface area (Å²) in [6, 6.07) is 32.7. The van der Waals surface area contributed by atoms with Gasteiger partial charge < -0.3 is 21.3 Å². The van der Waals surface area contributed by atoms with E-state index < -0.39 is 0 Å². The summed E-state index contributed by atoms with van der Waals surface area (Å²) in [6.07, 6.45) is 10.1. The molecule has 0 radical (unpaired) electrons. The van der Waals surface area contributed by atoms with Crippen molar-refractivity contribution in [2.75, 3.05) is 0 Å². The van der Waals surface area contributed by atoms with Crippen molar-refractivity contribution in [3.8, 4) is 0 Å². The lowest BCUT2D eigenvalue weighted by atomic mass is 9.82. The molecule has 3 aromatic carbocycles. The summed E-state index contributed by atoms with van der Waals surface area (Å²) in [5.74, 6) is 1.47. The number of hydrogen-bond acceptors (Lipinski definition) is 4. The Morgan fingerprint density at radius 1 is 0.318 bits per heavy atom. The van der Waals surface area contributed by atoms with Crippen LogP contribution in [0.15, 0.2) is 72.8 Å². The number of hydrogen-bond donors (Lipinski definition) is 4. The van der Waals surface area contributed by atoms with Crippen molar-refractivity contribution < 1.29 is 0 Å². The van der Waals surface area contributed by atoms with Crippen molar-refractivity contribution in [2.24, 2.45) is 0 Å². The van der Waals surface area contributed by atoms with Gasteiger partial charge in [0.25, 0.3) is 0 Å². The largest absolute Gasteiger partial charge is 0.310 e. The third-order valence-electron chi connectivity index (χ3n) is 12.3. The highest BCUT2D eigenvalue weighted by Crippen LogP contribution is 2.44. The Bertz CT molecular complexity index is 1330. The predicted molar refractivity (Wildman–Crippen MR) is 182 cm³/mol. The molecule has 5 aliphatic rings. The molecule has 0 spiro atoms. The molecule has 10 unspecified atom stereocenters. The summed E-state index contributed by atoms with van der Waals surface area (Å²) in [6.45, 7) is 6.65. The maximum Gasteiger partial charge on any atom is 0.0224 e. The third-order valence-corrected chi connectivity index (χ3v) is 12.3. The van der Waals surface area contributed by atoms with Crippen LogP contribution in [0.3, 0.4) is 0 Å². The molecule has 5 saturated heterocycles. The van der Waals surface area contributed by atoms with Crippen LogP contribution in [0.5, 0.6) is 0 Å². The zero-order valence-corrected chi connectivity index (χ0v) is 26.9. The fourth-order valence-corrected chi connectivity index (χ4v) is 10.1. The Labute approximate surface area is 265 Å². The molecule has 5 aliphatic heterocycles. The Balaban J connectivity index is 1.19. The lowest BCUT2D eigenvalue weighted by Gasteiger charge is -2.35. The van der Waals surface area contributed by atoms with Crippen molar-refractivity contribution in [1.29, 1.82) is 0 Å². The number of rotatable bonds is 3. The van der Waals surface area contributed by atoms with Crippen LogP contribution in [0.4, 0.5) is 0 Å². The van der Waals surface area contributed by atoms with Crippen LogP contribution in [-0.2, 0) is 0 Å². The standard InChI is InChI=1S/C40H52N4/c1-24-4-10-27(11-5-24)38-32-18-16-30(41-32)31-17-19-33(42-31)39(28-12-6-25(2)7-13-28)35-21-23-37(44-35)40(36-22-20-34(38)43-36)29-14-8-26(3)9-15-29/h4-15,30-44H,16-23H2,1-3H3. The minimum absolute atomic E-state index is 0.474. The average molecular weight is 589 g/mol. The molecule has 4 N–H and O–H groups in total. The van der Waals surface area contributed by atoms with Crippen LogP contribution in [0.25, 0.3) is 0 Å². The minimum atomic E-state index is 0.474. The van der Waals surface area contributed by atoms with E-state index in [2.05, 4.69) is 115 Å². The van der Waals surface area contributed by atoms with Gasteiger partial charge in [-0.25, -0.2) is 0 Å². The molecule has 0 aliphatic carbocycles. The van der Waals surface area contributed by atoms with Crippen LogP contribution >= 0.6 is 0 Å². The van der Waals surface area contributed by atoms with Gasteiger partial charge in [-0.1, -0.05) is 89.5 Å². The van der Waals surface area contributed by atoms with Crippen molar-refractivity contribution in [3.63, 3.8) is 0 Å². The second-order valence-electron chi connectivity index (χ2n) is 15.1. The number of nitrogens with one attached hydrogen (secondary N) is 4. The highest BCUT2D eigenvalue weighted by molar-refractivity contribution is 5.33. The Morgan fingerprint density at radius 2 is 0.523 bits per heavy atom. The van der Waals surface area contributed by atoms with Crippen molar-refractivity contribution in [3.05, 3.63) is 106 Å². The topological polar surface area (TPSA) is 48.1 Å². The van der Waals surface area contributed by atoms with E-state index in [1.54, 1.807) is 0 Å². The highest BCUT2D eigenvalue weighted by atomic mass is 15.1. The number of fused-ring (bicyclic) bond motifs is 9. The molecule has 0 aromatic heterocycles. The van der Waals surface area contributed by atoms with Gasteiger partial charge in [-0.3, -0.25) is 0 Å². The van der Waals surface area contributed by atoms with Gasteiger partial charge in [0.15, 0.2) is 0 Å². The molecule has 44 heavy (non-hydrogen) atoms. The molecule has 232 valence electrons. The lowest BCUT2D eigenvalue weighted by Crippen LogP contribution is -2.50. The van der Waals surface area contributed by atoms with E-state index in [1.807, 2.05) is 0 Å². The molecule has 10 atom stereocenters. The first-order valence-electron chi connectivity index (χ1n) is 17.7. The summed E-state index contributed by atoms with van der Waals surface area (Å²) < 4.78 is 0. The zero-order valence-electron chi connectivity index (χ0n) is 26.9. The number of benzene rings is 3. The van der Waals surface area contributed by atoms with E-state index in [9.17, 15) is 0 Å². The van der Waals surface area contributed by atoms with Crippen LogP contribution in [0.1, 0.15) is 103 Å². The monoisotopic (exact) mass is 588 g/mol. The Hall–Kier alpha value is -2.50. The molecule has 4 heteroatoms. The Kier molecular flexibility index (Phi) is 7.91. The zero-order chi connectivity index (χ0) is 29.8. The fourth-order valence-electron chi connectivity index (χ4n) is 10.1. The average Bonchev–Trinajstić information content (AvgIpc) is 3.85. The third kappa shape index (κ3) is 5.47. The van der Waals surface area contributed by atoms with Gasteiger partial charge in [0, 0.05) is 66.1 Å². The van der Waals surface area contributed by atoms with Gasteiger partial charge in [-0.05, 0) is 88.8 Å². The van der Waals surface area contributed by atoms with E-state index in [0.29, 0.717) is 66.1 Å². The molecule has 3 aromatic rings. The summed E-state index contributed by atoms with van der Waals surface area (Å²) >= 11 is 0. The van der Waals surface area contributed by atoms with Crippen LogP contribution in [0, 0.1) is 20.8 Å². The fraction of sp³-hybridized carbons (Fsp3) is 0.550. The van der Waals surface area contributed by atoms with Crippen molar-refractivity contribution in [2.45, 2.75) is 138 Å². The minimum Gasteiger partial charge on any atom is -0.310 e. The highest BCUT2D eigenvalue weighted by Gasteiger charge is 2.48. The van der Waals surface area contributed by atoms with Gasteiger partial charge >= 0.3 is 0 Å². The summed E-state index contributed by atoms with van der Waals surface area (Å²) in [4.78, 5) is 0. The SMILES string of the molecule is Cc1ccc(C2C3CCC(N3)C3CCC(N3)C(c3ccc(C)cc3)C3CCC(N3)C(c3ccc(C)cc3)C3CCC2N3)cc1. The molecular weight excluding hydrogens is 536 g/mol. The normalized spacial score (nSPS) is 38.4. The Morgan fingerprint density at radius 3 is 0.773 bits per heavy atom. The lowest BCUT2D eigenvalue weighted by molar-refractivity contribution is 0.330. The first kappa shape index (κ1) is 28.9. The molecular formula is C40H52N4. The van der Waals surface area contributed by atoms with Gasteiger partial charge in [-0.15, -0.1) is 0 Å².